The van der Waals surface area contributed by atoms with Crippen LogP contribution in [0.3, 0.4) is 0 Å². The summed E-state index contributed by atoms with van der Waals surface area (Å²) in [6.45, 7) is 0. The van der Waals surface area contributed by atoms with Gasteiger partial charge < -0.3 is 15.4 Å². The normalized spacial score (nSPS) is 20.2. The van der Waals surface area contributed by atoms with E-state index in [9.17, 15) is 13.2 Å². The van der Waals surface area contributed by atoms with Crippen LogP contribution in [-0.2, 0) is 14.6 Å². The molecule has 1 aromatic rings. The summed E-state index contributed by atoms with van der Waals surface area (Å²) in [7, 11) is -0.0491. The first-order valence-corrected chi connectivity index (χ1v) is 8.55. The Labute approximate surface area is 128 Å². The van der Waals surface area contributed by atoms with Crippen molar-refractivity contribution in [2.24, 2.45) is 0 Å². The highest BCUT2D eigenvalue weighted by molar-refractivity contribution is 7.91. The minimum absolute atomic E-state index is 0.0464. The molecular weight excluding hydrogens is 316 g/mol. The Morgan fingerprint density at radius 1 is 1.48 bits per heavy atom. The monoisotopic (exact) mass is 332 g/mol. The van der Waals surface area contributed by atoms with Crippen molar-refractivity contribution in [1.29, 1.82) is 0 Å². The lowest BCUT2D eigenvalue weighted by molar-refractivity contribution is 0.0601. The summed E-state index contributed by atoms with van der Waals surface area (Å²) >= 11 is 6.20. The number of nitrogen functional groups attached to an aromatic ring is 1. The second kappa shape index (κ2) is 5.73. The van der Waals surface area contributed by atoms with E-state index < -0.39 is 15.8 Å². The van der Waals surface area contributed by atoms with E-state index in [1.54, 1.807) is 11.9 Å². The number of carbonyl (C=O) groups is 1. The van der Waals surface area contributed by atoms with Gasteiger partial charge in [-0.2, -0.15) is 0 Å². The van der Waals surface area contributed by atoms with E-state index in [-0.39, 0.29) is 23.1 Å². The topological polar surface area (TPSA) is 89.7 Å². The van der Waals surface area contributed by atoms with Gasteiger partial charge >= 0.3 is 5.97 Å². The maximum absolute atomic E-state index is 11.9. The van der Waals surface area contributed by atoms with Gasteiger partial charge in [-0.05, 0) is 18.6 Å². The maximum Gasteiger partial charge on any atom is 0.340 e. The number of anilines is 2. The largest absolute Gasteiger partial charge is 0.465 e. The molecule has 0 aromatic heterocycles. The van der Waals surface area contributed by atoms with Gasteiger partial charge in [0.2, 0.25) is 0 Å². The highest BCUT2D eigenvalue weighted by atomic mass is 35.5. The SMILES string of the molecule is COC(=O)c1cc(N)cc(Cl)c1N(C)C1CCS(=O)(=O)C1. The molecule has 1 heterocycles. The number of carbonyl (C=O) groups excluding carboxylic acids is 1. The van der Waals surface area contributed by atoms with E-state index in [2.05, 4.69) is 0 Å². The van der Waals surface area contributed by atoms with Crippen LogP contribution in [0.25, 0.3) is 0 Å². The number of nitrogens with two attached hydrogens (primary N) is 1. The van der Waals surface area contributed by atoms with Crippen molar-refractivity contribution in [2.75, 3.05) is 36.3 Å². The van der Waals surface area contributed by atoms with Gasteiger partial charge in [0.05, 0.1) is 34.9 Å². The van der Waals surface area contributed by atoms with Gasteiger partial charge in [0, 0.05) is 18.8 Å². The molecule has 116 valence electrons. The first-order valence-electron chi connectivity index (χ1n) is 6.36. The fraction of sp³-hybridized carbons (Fsp3) is 0.462. The van der Waals surface area contributed by atoms with Crippen LogP contribution in [0.2, 0.25) is 5.02 Å². The Bertz CT molecular complexity index is 675. The van der Waals surface area contributed by atoms with Gasteiger partial charge in [-0.1, -0.05) is 11.6 Å². The zero-order chi connectivity index (χ0) is 15.8. The zero-order valence-electron chi connectivity index (χ0n) is 11.8. The van der Waals surface area contributed by atoms with Gasteiger partial charge in [-0.15, -0.1) is 0 Å². The Morgan fingerprint density at radius 3 is 2.67 bits per heavy atom. The van der Waals surface area contributed by atoms with Crippen molar-refractivity contribution in [3.8, 4) is 0 Å². The molecule has 1 saturated heterocycles. The summed E-state index contributed by atoms with van der Waals surface area (Å²) in [5, 5.41) is 0.294. The van der Waals surface area contributed by atoms with Crippen LogP contribution in [0.4, 0.5) is 11.4 Å². The standard InChI is InChI=1S/C13H17ClN2O4S/c1-16(9-3-4-21(18,19)7-9)12-10(13(17)20-2)5-8(15)6-11(12)14/h5-6,9H,3-4,7,15H2,1-2H3. The van der Waals surface area contributed by atoms with E-state index in [0.29, 0.717) is 22.8 Å². The summed E-state index contributed by atoms with van der Waals surface area (Å²) < 4.78 is 28.0. The highest BCUT2D eigenvalue weighted by Gasteiger charge is 2.33. The predicted octanol–water partition coefficient (Wildman–Crippen LogP) is 1.33. The third kappa shape index (κ3) is 3.24. The van der Waals surface area contributed by atoms with Gasteiger partial charge in [-0.3, -0.25) is 0 Å². The minimum atomic E-state index is -3.03. The van der Waals surface area contributed by atoms with E-state index >= 15 is 0 Å². The molecule has 0 spiro atoms. The lowest BCUT2D eigenvalue weighted by Crippen LogP contribution is -2.34. The number of nitrogens with zero attached hydrogens (tertiary/aromatic N) is 1. The molecule has 6 nitrogen and oxygen atoms in total. The van der Waals surface area contributed by atoms with Crippen LogP contribution in [-0.4, -0.2) is 46.1 Å². The predicted molar refractivity (Wildman–Crippen MR) is 82.7 cm³/mol. The van der Waals surface area contributed by atoms with E-state index in [0.717, 1.165) is 0 Å². The quantitative estimate of drug-likeness (QED) is 0.663. The fourth-order valence-electron chi connectivity index (χ4n) is 2.51. The molecule has 2 N–H and O–H groups in total. The number of benzene rings is 1. The lowest BCUT2D eigenvalue weighted by Gasteiger charge is -2.28. The van der Waals surface area contributed by atoms with Crippen LogP contribution >= 0.6 is 11.6 Å². The Morgan fingerprint density at radius 2 is 2.14 bits per heavy atom. The van der Waals surface area contributed by atoms with Crippen molar-refractivity contribution < 1.29 is 17.9 Å². The summed E-state index contributed by atoms with van der Waals surface area (Å²) in [4.78, 5) is 13.6. The molecule has 0 aliphatic carbocycles. The van der Waals surface area contributed by atoms with E-state index in [1.165, 1.54) is 19.2 Å². The molecule has 1 aliphatic heterocycles. The van der Waals surface area contributed by atoms with Gasteiger partial charge in [0.1, 0.15) is 0 Å². The molecule has 1 fully saturated rings. The zero-order valence-corrected chi connectivity index (χ0v) is 13.4. The summed E-state index contributed by atoms with van der Waals surface area (Å²) in [5.74, 6) is -0.376. The number of ether oxygens (including phenoxy) is 1. The van der Waals surface area contributed by atoms with Crippen molar-refractivity contribution in [1.82, 2.24) is 0 Å². The molecule has 0 bridgehead atoms. The first kappa shape index (κ1) is 15.9. The summed E-state index contributed by atoms with van der Waals surface area (Å²) in [6, 6.07) is 2.79. The van der Waals surface area contributed by atoms with Crippen molar-refractivity contribution in [3.05, 3.63) is 22.7 Å². The van der Waals surface area contributed by atoms with Crippen LogP contribution in [0.1, 0.15) is 16.8 Å². The number of hydrogen-bond donors (Lipinski definition) is 1. The number of methoxy groups -OCH3 is 1. The Balaban J connectivity index is 2.45. The summed E-state index contributed by atoms with van der Waals surface area (Å²) in [6.07, 6.45) is 0.500. The molecule has 21 heavy (non-hydrogen) atoms. The van der Waals surface area contributed by atoms with Gasteiger partial charge in [0.25, 0.3) is 0 Å². The van der Waals surface area contributed by atoms with Crippen molar-refractivity contribution in [3.63, 3.8) is 0 Å². The lowest BCUT2D eigenvalue weighted by atomic mass is 10.1. The third-order valence-corrected chi connectivity index (χ3v) is 5.64. The number of sulfone groups is 1. The minimum Gasteiger partial charge on any atom is -0.465 e. The average Bonchev–Trinajstić information content (AvgIpc) is 2.76. The van der Waals surface area contributed by atoms with Crippen LogP contribution in [0.5, 0.6) is 0 Å². The van der Waals surface area contributed by atoms with Crippen molar-refractivity contribution >= 4 is 38.8 Å². The van der Waals surface area contributed by atoms with E-state index in [1.807, 2.05) is 0 Å². The molecular formula is C13H17ClN2O4S. The van der Waals surface area contributed by atoms with Gasteiger partial charge in [0.15, 0.2) is 9.84 Å². The number of esters is 1. The smallest absolute Gasteiger partial charge is 0.340 e. The fourth-order valence-corrected chi connectivity index (χ4v) is 4.64. The molecule has 1 unspecified atom stereocenters. The second-order valence-electron chi connectivity index (χ2n) is 5.06. The maximum atomic E-state index is 11.9. The highest BCUT2D eigenvalue weighted by Crippen LogP contribution is 2.35. The molecule has 1 atom stereocenters. The van der Waals surface area contributed by atoms with E-state index in [4.69, 9.17) is 22.1 Å². The third-order valence-electron chi connectivity index (χ3n) is 3.60. The Kier molecular flexibility index (Phi) is 4.34. The molecule has 8 heteroatoms. The first-order chi connectivity index (χ1) is 9.75. The van der Waals surface area contributed by atoms with Crippen LogP contribution < -0.4 is 10.6 Å². The molecule has 1 aromatic carbocycles. The van der Waals surface area contributed by atoms with Crippen LogP contribution in [0, 0.1) is 0 Å². The molecule has 0 amide bonds. The number of halogens is 1. The summed E-state index contributed by atoms with van der Waals surface area (Å²) in [5.41, 5.74) is 6.73. The number of rotatable bonds is 3. The van der Waals surface area contributed by atoms with Crippen LogP contribution in [0.15, 0.2) is 12.1 Å². The Hall–Kier alpha value is -1.47. The molecule has 0 radical (unpaired) electrons. The second-order valence-corrected chi connectivity index (χ2v) is 7.69. The molecule has 2 rings (SSSR count). The van der Waals surface area contributed by atoms with Gasteiger partial charge in [-0.25, -0.2) is 13.2 Å². The van der Waals surface area contributed by atoms with Crippen molar-refractivity contribution in [2.45, 2.75) is 12.5 Å². The molecule has 0 saturated carbocycles. The number of hydrogen-bond acceptors (Lipinski definition) is 6. The average molecular weight is 333 g/mol. The molecule has 1 aliphatic rings.